The fourth-order valence-electron chi connectivity index (χ4n) is 1.48. The van der Waals surface area contributed by atoms with Gasteiger partial charge in [-0.25, -0.2) is 4.39 Å². The second-order valence-corrected chi connectivity index (χ2v) is 3.71. The number of benzene rings is 1. The van der Waals surface area contributed by atoms with Gasteiger partial charge in [-0.15, -0.1) is 0 Å². The van der Waals surface area contributed by atoms with E-state index in [2.05, 4.69) is 24.2 Å². The molecule has 0 aliphatic heterocycles. The monoisotopic (exact) mass is 210 g/mol. The topological polar surface area (TPSA) is 15.3 Å². The first kappa shape index (κ1) is 12.0. The van der Waals surface area contributed by atoms with Crippen LogP contribution in [0.5, 0.6) is 0 Å². The lowest BCUT2D eigenvalue weighted by atomic mass is 10.3. The molecule has 84 valence electrons. The lowest BCUT2D eigenvalue weighted by Gasteiger charge is -2.16. The Bertz CT molecular complexity index is 289. The van der Waals surface area contributed by atoms with Crippen molar-refractivity contribution in [1.82, 2.24) is 4.90 Å². The zero-order valence-electron chi connectivity index (χ0n) is 9.46. The summed E-state index contributed by atoms with van der Waals surface area (Å²) in [5.74, 6) is -0.185. The number of nitrogens with zero attached hydrogens (tertiary/aromatic N) is 1. The third kappa shape index (κ3) is 4.30. The van der Waals surface area contributed by atoms with Gasteiger partial charge in [0.25, 0.3) is 0 Å². The molecule has 3 heteroatoms. The number of rotatable bonds is 6. The molecule has 0 aliphatic rings. The van der Waals surface area contributed by atoms with Crippen molar-refractivity contribution >= 4 is 5.69 Å². The molecule has 1 N–H and O–H groups in total. The molecule has 2 nitrogen and oxygen atoms in total. The summed E-state index contributed by atoms with van der Waals surface area (Å²) in [6.45, 7) is 4.94. The van der Waals surface area contributed by atoms with Gasteiger partial charge in [-0.05, 0) is 32.1 Å². The molecule has 0 aromatic heterocycles. The summed E-state index contributed by atoms with van der Waals surface area (Å²) in [6.07, 6.45) is 1.15. The van der Waals surface area contributed by atoms with Gasteiger partial charge < -0.3 is 10.2 Å². The summed E-state index contributed by atoms with van der Waals surface area (Å²) in [5, 5.41) is 3.09. The van der Waals surface area contributed by atoms with Crippen molar-refractivity contribution in [2.45, 2.75) is 13.3 Å². The minimum absolute atomic E-state index is 0.185. The Kier molecular flexibility index (Phi) is 5.12. The average molecular weight is 210 g/mol. The fourth-order valence-corrected chi connectivity index (χ4v) is 1.48. The molecule has 0 radical (unpaired) electrons. The highest BCUT2D eigenvalue weighted by atomic mass is 19.1. The van der Waals surface area contributed by atoms with Crippen molar-refractivity contribution in [3.8, 4) is 0 Å². The van der Waals surface area contributed by atoms with Crippen LogP contribution in [-0.4, -0.2) is 31.6 Å². The fraction of sp³-hybridized carbons (Fsp3) is 0.500. The third-order valence-electron chi connectivity index (χ3n) is 2.29. The highest BCUT2D eigenvalue weighted by Crippen LogP contribution is 2.11. The minimum Gasteiger partial charge on any atom is -0.381 e. The SMILES string of the molecule is CCCN(C)CCNc1ccccc1F. The molecule has 0 fully saturated rings. The molecule has 0 saturated heterocycles. The summed E-state index contributed by atoms with van der Waals surface area (Å²) in [6, 6.07) is 6.76. The third-order valence-corrected chi connectivity index (χ3v) is 2.29. The second kappa shape index (κ2) is 6.40. The standard InChI is InChI=1S/C12H19FN2/c1-3-9-15(2)10-8-14-12-7-5-4-6-11(12)13/h4-7,14H,3,8-10H2,1-2H3. The molecular formula is C12H19FN2. The number of likely N-dealkylation sites (N-methyl/N-ethyl adjacent to an activating group) is 1. The Morgan fingerprint density at radius 2 is 2.00 bits per heavy atom. The van der Waals surface area contributed by atoms with Crippen molar-refractivity contribution in [2.24, 2.45) is 0 Å². The predicted molar refractivity (Wildman–Crippen MR) is 62.7 cm³/mol. The molecule has 1 aromatic carbocycles. The molecule has 1 aromatic rings. The maximum Gasteiger partial charge on any atom is 0.146 e. The molecule has 0 unspecified atom stereocenters. The van der Waals surface area contributed by atoms with Crippen molar-refractivity contribution in [3.63, 3.8) is 0 Å². The van der Waals surface area contributed by atoms with Crippen LogP contribution in [0, 0.1) is 5.82 Å². The number of hydrogen-bond donors (Lipinski definition) is 1. The van der Waals surface area contributed by atoms with Gasteiger partial charge >= 0.3 is 0 Å². The summed E-state index contributed by atoms with van der Waals surface area (Å²) < 4.78 is 13.2. The van der Waals surface area contributed by atoms with Crippen LogP contribution in [0.2, 0.25) is 0 Å². The van der Waals surface area contributed by atoms with Crippen molar-refractivity contribution in [2.75, 3.05) is 32.0 Å². The molecular weight excluding hydrogens is 191 g/mol. The van der Waals surface area contributed by atoms with Gasteiger partial charge in [-0.3, -0.25) is 0 Å². The van der Waals surface area contributed by atoms with Gasteiger partial charge in [-0.1, -0.05) is 19.1 Å². The largest absolute Gasteiger partial charge is 0.381 e. The maximum atomic E-state index is 13.2. The van der Waals surface area contributed by atoms with Gasteiger partial charge in [0, 0.05) is 13.1 Å². The molecule has 1 rings (SSSR count). The minimum atomic E-state index is -0.185. The van der Waals surface area contributed by atoms with Crippen LogP contribution < -0.4 is 5.32 Å². The van der Waals surface area contributed by atoms with Crippen LogP contribution in [0.25, 0.3) is 0 Å². The molecule has 0 aliphatic carbocycles. The van der Waals surface area contributed by atoms with Crippen LogP contribution >= 0.6 is 0 Å². The van der Waals surface area contributed by atoms with E-state index >= 15 is 0 Å². The molecule has 0 heterocycles. The van der Waals surface area contributed by atoms with E-state index in [0.717, 1.165) is 26.1 Å². The smallest absolute Gasteiger partial charge is 0.146 e. The van der Waals surface area contributed by atoms with Crippen LogP contribution in [0.15, 0.2) is 24.3 Å². The Labute approximate surface area is 91.1 Å². The van der Waals surface area contributed by atoms with Gasteiger partial charge in [0.1, 0.15) is 5.82 Å². The first-order chi connectivity index (χ1) is 7.24. The van der Waals surface area contributed by atoms with Gasteiger partial charge in [0.05, 0.1) is 5.69 Å². The molecule has 0 atom stereocenters. The van der Waals surface area contributed by atoms with Gasteiger partial charge in [0.15, 0.2) is 0 Å². The first-order valence-electron chi connectivity index (χ1n) is 5.41. The number of para-hydroxylation sites is 1. The maximum absolute atomic E-state index is 13.2. The molecule has 0 spiro atoms. The Morgan fingerprint density at radius 1 is 1.27 bits per heavy atom. The Balaban J connectivity index is 2.29. The van der Waals surface area contributed by atoms with Crippen LogP contribution in [0.1, 0.15) is 13.3 Å². The van der Waals surface area contributed by atoms with E-state index in [1.807, 2.05) is 6.07 Å². The van der Waals surface area contributed by atoms with E-state index in [9.17, 15) is 4.39 Å². The van der Waals surface area contributed by atoms with E-state index in [0.29, 0.717) is 5.69 Å². The van der Waals surface area contributed by atoms with Crippen molar-refractivity contribution in [3.05, 3.63) is 30.1 Å². The van der Waals surface area contributed by atoms with Crippen LogP contribution in [0.3, 0.4) is 0 Å². The highest BCUT2D eigenvalue weighted by molar-refractivity contribution is 5.44. The van der Waals surface area contributed by atoms with E-state index in [-0.39, 0.29) is 5.82 Å². The summed E-state index contributed by atoms with van der Waals surface area (Å²) in [4.78, 5) is 2.23. The Hall–Kier alpha value is -1.09. The van der Waals surface area contributed by atoms with Gasteiger partial charge in [-0.2, -0.15) is 0 Å². The summed E-state index contributed by atoms with van der Waals surface area (Å²) in [5.41, 5.74) is 0.586. The lowest BCUT2D eigenvalue weighted by Crippen LogP contribution is -2.25. The number of anilines is 1. The average Bonchev–Trinajstić information content (AvgIpc) is 2.21. The van der Waals surface area contributed by atoms with E-state index in [4.69, 9.17) is 0 Å². The zero-order chi connectivity index (χ0) is 11.1. The number of halogens is 1. The van der Waals surface area contributed by atoms with Gasteiger partial charge in [0.2, 0.25) is 0 Å². The van der Waals surface area contributed by atoms with Crippen LogP contribution in [0.4, 0.5) is 10.1 Å². The predicted octanol–water partition coefficient (Wildman–Crippen LogP) is 2.58. The van der Waals surface area contributed by atoms with Crippen LogP contribution in [-0.2, 0) is 0 Å². The lowest BCUT2D eigenvalue weighted by molar-refractivity contribution is 0.347. The van der Waals surface area contributed by atoms with Crippen molar-refractivity contribution < 1.29 is 4.39 Å². The quantitative estimate of drug-likeness (QED) is 0.776. The van der Waals surface area contributed by atoms with E-state index in [1.54, 1.807) is 12.1 Å². The second-order valence-electron chi connectivity index (χ2n) is 3.71. The molecule has 0 saturated carbocycles. The summed E-state index contributed by atoms with van der Waals surface area (Å²) in [7, 11) is 2.08. The normalized spacial score (nSPS) is 10.7. The highest BCUT2D eigenvalue weighted by Gasteiger charge is 2.00. The van der Waals surface area contributed by atoms with E-state index in [1.165, 1.54) is 6.07 Å². The number of nitrogens with one attached hydrogen (secondary N) is 1. The Morgan fingerprint density at radius 3 is 2.67 bits per heavy atom. The first-order valence-corrected chi connectivity index (χ1v) is 5.41. The molecule has 0 amide bonds. The number of hydrogen-bond acceptors (Lipinski definition) is 2. The summed E-state index contributed by atoms with van der Waals surface area (Å²) >= 11 is 0. The zero-order valence-corrected chi connectivity index (χ0v) is 9.46. The van der Waals surface area contributed by atoms with Crippen molar-refractivity contribution in [1.29, 1.82) is 0 Å². The van der Waals surface area contributed by atoms with E-state index < -0.39 is 0 Å². The molecule has 0 bridgehead atoms. The molecule has 15 heavy (non-hydrogen) atoms.